The zero-order valence-corrected chi connectivity index (χ0v) is 13.1. The summed E-state index contributed by atoms with van der Waals surface area (Å²) in [6, 6.07) is 8.50. The fourth-order valence-corrected chi connectivity index (χ4v) is 2.30. The molecule has 1 aromatic carbocycles. The number of carbonyl (C=O) groups is 2. The molecule has 2 atom stereocenters. The van der Waals surface area contributed by atoms with Crippen molar-refractivity contribution in [1.29, 1.82) is 5.26 Å². The van der Waals surface area contributed by atoms with E-state index in [2.05, 4.69) is 11.3 Å². The van der Waals surface area contributed by atoms with Crippen LogP contribution in [0, 0.1) is 17.2 Å². The van der Waals surface area contributed by atoms with Gasteiger partial charge in [0.1, 0.15) is 0 Å². The fraction of sp³-hybridized carbons (Fsp3) is 0.312. The number of ether oxygens (including phenoxy) is 2. The van der Waals surface area contributed by atoms with Gasteiger partial charge in [-0.15, -0.1) is 0 Å². The highest BCUT2D eigenvalue weighted by Gasteiger charge is 2.36. The summed E-state index contributed by atoms with van der Waals surface area (Å²) in [5.74, 6) is -3.63. The van der Waals surface area contributed by atoms with Crippen LogP contribution in [-0.2, 0) is 19.1 Å². The molecule has 0 saturated carbocycles. The molecule has 0 aliphatic heterocycles. The summed E-state index contributed by atoms with van der Waals surface area (Å²) in [4.78, 5) is 23.8. The van der Waals surface area contributed by atoms with Crippen molar-refractivity contribution in [2.75, 3.05) is 13.7 Å². The van der Waals surface area contributed by atoms with Crippen LogP contribution in [0.5, 0.6) is 0 Å². The van der Waals surface area contributed by atoms with Gasteiger partial charge < -0.3 is 9.47 Å². The molecule has 0 aliphatic carbocycles. The SMILES string of the molecule is C=C(C(=O)OC)C(c1ccccc1Cl)C(C#N)C(=O)OCC. The number of methoxy groups -OCH3 is 1. The van der Waals surface area contributed by atoms with Crippen LogP contribution in [0.25, 0.3) is 0 Å². The van der Waals surface area contributed by atoms with Crippen LogP contribution in [0.3, 0.4) is 0 Å². The molecule has 0 N–H and O–H groups in total. The first kappa shape index (κ1) is 17.7. The maximum Gasteiger partial charge on any atom is 0.333 e. The van der Waals surface area contributed by atoms with E-state index in [0.717, 1.165) is 0 Å². The maximum atomic E-state index is 12.0. The second-order valence-corrected chi connectivity index (χ2v) is 4.78. The quantitative estimate of drug-likeness (QED) is 0.595. The topological polar surface area (TPSA) is 76.4 Å². The lowest BCUT2D eigenvalue weighted by Gasteiger charge is -2.23. The molecule has 0 radical (unpaired) electrons. The average Bonchev–Trinajstić information content (AvgIpc) is 2.52. The largest absolute Gasteiger partial charge is 0.466 e. The Morgan fingerprint density at radius 3 is 2.55 bits per heavy atom. The zero-order chi connectivity index (χ0) is 16.7. The zero-order valence-electron chi connectivity index (χ0n) is 12.3. The van der Waals surface area contributed by atoms with Crippen molar-refractivity contribution in [2.45, 2.75) is 12.8 Å². The minimum Gasteiger partial charge on any atom is -0.466 e. The molecule has 0 aliphatic rings. The Balaban J connectivity index is 3.37. The number of nitriles is 1. The average molecular weight is 322 g/mol. The molecule has 0 amide bonds. The van der Waals surface area contributed by atoms with Gasteiger partial charge in [-0.05, 0) is 18.6 Å². The van der Waals surface area contributed by atoms with Gasteiger partial charge >= 0.3 is 11.9 Å². The van der Waals surface area contributed by atoms with Gasteiger partial charge in [-0.2, -0.15) is 5.26 Å². The smallest absolute Gasteiger partial charge is 0.333 e. The van der Waals surface area contributed by atoms with Crippen LogP contribution in [-0.4, -0.2) is 25.7 Å². The molecule has 0 saturated heterocycles. The molecule has 22 heavy (non-hydrogen) atoms. The molecule has 0 spiro atoms. The van der Waals surface area contributed by atoms with Gasteiger partial charge in [0.15, 0.2) is 5.92 Å². The van der Waals surface area contributed by atoms with Gasteiger partial charge in [0.05, 0.1) is 19.8 Å². The third-order valence-electron chi connectivity index (χ3n) is 3.08. The van der Waals surface area contributed by atoms with E-state index < -0.39 is 23.8 Å². The number of hydrogen-bond acceptors (Lipinski definition) is 5. The highest BCUT2D eigenvalue weighted by molar-refractivity contribution is 6.31. The number of nitrogens with zero attached hydrogens (tertiary/aromatic N) is 1. The van der Waals surface area contributed by atoms with Crippen molar-refractivity contribution in [3.63, 3.8) is 0 Å². The molecule has 116 valence electrons. The van der Waals surface area contributed by atoms with E-state index in [0.29, 0.717) is 10.6 Å². The van der Waals surface area contributed by atoms with E-state index in [1.165, 1.54) is 7.11 Å². The van der Waals surface area contributed by atoms with Crippen LogP contribution in [0.15, 0.2) is 36.4 Å². The summed E-state index contributed by atoms with van der Waals surface area (Å²) in [5, 5.41) is 9.68. The van der Waals surface area contributed by atoms with E-state index in [-0.39, 0.29) is 12.2 Å². The second-order valence-electron chi connectivity index (χ2n) is 4.37. The van der Waals surface area contributed by atoms with E-state index in [1.807, 2.05) is 6.07 Å². The van der Waals surface area contributed by atoms with E-state index in [1.54, 1.807) is 31.2 Å². The highest BCUT2D eigenvalue weighted by Crippen LogP contribution is 2.36. The minimum absolute atomic E-state index is 0.0322. The van der Waals surface area contributed by atoms with Crippen LogP contribution in [0.2, 0.25) is 5.02 Å². The molecule has 0 bridgehead atoms. The molecule has 0 aromatic heterocycles. The summed E-state index contributed by atoms with van der Waals surface area (Å²) < 4.78 is 9.55. The minimum atomic E-state index is -1.24. The first-order chi connectivity index (χ1) is 10.5. The predicted octanol–water partition coefficient (Wildman–Crippen LogP) is 2.86. The lowest BCUT2D eigenvalue weighted by Crippen LogP contribution is -2.27. The van der Waals surface area contributed by atoms with E-state index in [4.69, 9.17) is 16.3 Å². The van der Waals surface area contributed by atoms with Gasteiger partial charge in [-0.25, -0.2) is 4.79 Å². The molecule has 2 unspecified atom stereocenters. The Morgan fingerprint density at radius 1 is 1.41 bits per heavy atom. The van der Waals surface area contributed by atoms with Crippen LogP contribution < -0.4 is 0 Å². The lowest BCUT2D eigenvalue weighted by atomic mass is 9.81. The van der Waals surface area contributed by atoms with Crippen molar-refractivity contribution in [3.8, 4) is 6.07 Å². The van der Waals surface area contributed by atoms with Crippen molar-refractivity contribution in [1.82, 2.24) is 0 Å². The number of halogens is 1. The molecule has 6 heteroatoms. The van der Waals surface area contributed by atoms with Crippen LogP contribution >= 0.6 is 11.6 Å². The summed E-state index contributed by atoms with van der Waals surface area (Å²) >= 11 is 6.14. The Bertz CT molecular complexity index is 621. The van der Waals surface area contributed by atoms with Gasteiger partial charge in [0, 0.05) is 16.5 Å². The molecule has 1 aromatic rings. The number of rotatable bonds is 6. The molecule has 1 rings (SSSR count). The predicted molar refractivity (Wildman–Crippen MR) is 81.1 cm³/mol. The number of esters is 2. The lowest BCUT2D eigenvalue weighted by molar-refractivity contribution is -0.146. The standard InChI is InChI=1S/C16H16ClNO4/c1-4-22-16(20)12(9-18)14(10(2)15(19)21-3)11-7-5-6-8-13(11)17/h5-8,12,14H,2,4H2,1,3H3. The Morgan fingerprint density at radius 2 is 2.05 bits per heavy atom. The molecule has 5 nitrogen and oxygen atoms in total. The van der Waals surface area contributed by atoms with Gasteiger partial charge in [-0.1, -0.05) is 36.4 Å². The van der Waals surface area contributed by atoms with Gasteiger partial charge in [0.2, 0.25) is 0 Å². The number of carbonyl (C=O) groups excluding carboxylic acids is 2. The van der Waals surface area contributed by atoms with E-state index in [9.17, 15) is 14.9 Å². The Labute approximate surface area is 134 Å². The van der Waals surface area contributed by atoms with Gasteiger partial charge in [0.25, 0.3) is 0 Å². The number of benzene rings is 1. The summed E-state index contributed by atoms with van der Waals surface area (Å²) in [7, 11) is 1.20. The highest BCUT2D eigenvalue weighted by atomic mass is 35.5. The normalized spacial score (nSPS) is 12.6. The van der Waals surface area contributed by atoms with Crippen molar-refractivity contribution in [3.05, 3.63) is 47.0 Å². The molecular weight excluding hydrogens is 306 g/mol. The van der Waals surface area contributed by atoms with Crippen molar-refractivity contribution >= 4 is 23.5 Å². The summed E-state index contributed by atoms with van der Waals surface area (Å²) in [6.45, 7) is 5.42. The maximum absolute atomic E-state index is 12.0. The molecule has 0 fully saturated rings. The fourth-order valence-electron chi connectivity index (χ4n) is 2.05. The van der Waals surface area contributed by atoms with Crippen molar-refractivity contribution < 1.29 is 19.1 Å². The van der Waals surface area contributed by atoms with E-state index >= 15 is 0 Å². The van der Waals surface area contributed by atoms with Crippen molar-refractivity contribution in [2.24, 2.45) is 5.92 Å². The number of hydrogen-bond donors (Lipinski definition) is 0. The summed E-state index contributed by atoms with van der Waals surface area (Å²) in [6.07, 6.45) is 0. The Hall–Kier alpha value is -2.32. The first-order valence-electron chi connectivity index (χ1n) is 6.55. The third-order valence-corrected chi connectivity index (χ3v) is 3.42. The first-order valence-corrected chi connectivity index (χ1v) is 6.93. The summed E-state index contributed by atoms with van der Waals surface area (Å²) in [5.41, 5.74) is 0.411. The molecule has 0 heterocycles. The Kier molecular flexibility index (Phi) is 6.61. The van der Waals surface area contributed by atoms with Crippen LogP contribution in [0.4, 0.5) is 0 Å². The van der Waals surface area contributed by atoms with Crippen LogP contribution in [0.1, 0.15) is 18.4 Å². The van der Waals surface area contributed by atoms with Gasteiger partial charge in [-0.3, -0.25) is 4.79 Å². The third kappa shape index (κ3) is 3.86. The monoisotopic (exact) mass is 321 g/mol. The molecular formula is C16H16ClNO4. The second kappa shape index (κ2) is 8.20.